The Morgan fingerprint density at radius 1 is 1.26 bits per heavy atom. The Labute approximate surface area is 157 Å². The number of likely N-dealkylation sites (N-methyl/N-ethyl adjacent to an activating group) is 1. The summed E-state index contributed by atoms with van der Waals surface area (Å²) in [5.41, 5.74) is 4.00. The average Bonchev–Trinajstić information content (AvgIpc) is 3.09. The van der Waals surface area contributed by atoms with Crippen LogP contribution in [-0.4, -0.2) is 36.3 Å². The molecule has 2 aromatic rings. The average molecular weight is 367 g/mol. The van der Waals surface area contributed by atoms with E-state index >= 15 is 0 Å². The van der Waals surface area contributed by atoms with Gasteiger partial charge in [-0.05, 0) is 36.1 Å². The predicted molar refractivity (Wildman–Crippen MR) is 101 cm³/mol. The van der Waals surface area contributed by atoms with Gasteiger partial charge < -0.3 is 15.5 Å². The topological polar surface area (TPSA) is 61.4 Å². The van der Waals surface area contributed by atoms with E-state index in [0.717, 1.165) is 23.1 Å². The summed E-state index contributed by atoms with van der Waals surface area (Å²) < 4.78 is 14.1. The Bertz CT molecular complexity index is 897. The molecule has 2 unspecified atom stereocenters. The van der Waals surface area contributed by atoms with Gasteiger partial charge in [-0.15, -0.1) is 0 Å². The molecule has 140 valence electrons. The molecule has 0 saturated heterocycles. The van der Waals surface area contributed by atoms with E-state index in [-0.39, 0.29) is 24.1 Å². The van der Waals surface area contributed by atoms with Gasteiger partial charge in [-0.3, -0.25) is 9.59 Å². The minimum atomic E-state index is -0.724. The van der Waals surface area contributed by atoms with Crippen LogP contribution in [0.15, 0.2) is 36.4 Å². The number of hydrogen-bond acceptors (Lipinski definition) is 3. The van der Waals surface area contributed by atoms with E-state index in [0.29, 0.717) is 17.8 Å². The molecule has 0 saturated carbocycles. The lowest BCUT2D eigenvalue weighted by Crippen LogP contribution is -2.45. The highest BCUT2D eigenvalue weighted by Crippen LogP contribution is 2.32. The number of rotatable bonds is 2. The smallest absolute Gasteiger partial charge is 0.249 e. The fraction of sp³-hybridized carbons (Fsp3) is 0.333. The second-order valence-corrected chi connectivity index (χ2v) is 7.27. The molecule has 2 atom stereocenters. The number of benzene rings is 2. The van der Waals surface area contributed by atoms with Crippen molar-refractivity contribution >= 4 is 17.5 Å². The van der Waals surface area contributed by atoms with Crippen LogP contribution in [0.25, 0.3) is 0 Å². The number of halogens is 1. The molecular weight excluding hydrogens is 345 g/mol. The number of nitrogens with zero attached hydrogens (tertiary/aromatic N) is 1. The Morgan fingerprint density at radius 2 is 2.04 bits per heavy atom. The van der Waals surface area contributed by atoms with Gasteiger partial charge in [0.2, 0.25) is 11.8 Å². The van der Waals surface area contributed by atoms with E-state index in [2.05, 4.69) is 10.6 Å². The number of amides is 2. The van der Waals surface area contributed by atoms with Gasteiger partial charge in [-0.2, -0.15) is 0 Å². The van der Waals surface area contributed by atoms with E-state index in [1.54, 1.807) is 18.0 Å². The zero-order valence-electron chi connectivity index (χ0n) is 15.4. The van der Waals surface area contributed by atoms with E-state index in [9.17, 15) is 14.0 Å². The van der Waals surface area contributed by atoms with Gasteiger partial charge in [0, 0.05) is 31.3 Å². The van der Waals surface area contributed by atoms with Crippen molar-refractivity contribution in [1.29, 1.82) is 0 Å². The number of fused-ring (bicyclic) bond motifs is 2. The molecule has 2 aromatic carbocycles. The van der Waals surface area contributed by atoms with Gasteiger partial charge >= 0.3 is 0 Å². The van der Waals surface area contributed by atoms with Crippen molar-refractivity contribution < 1.29 is 14.0 Å². The summed E-state index contributed by atoms with van der Waals surface area (Å²) in [5.74, 6) is -0.742. The van der Waals surface area contributed by atoms with Gasteiger partial charge in [0.1, 0.15) is 17.9 Å². The summed E-state index contributed by atoms with van der Waals surface area (Å²) in [6.07, 6.45) is 1.02. The lowest BCUT2D eigenvalue weighted by Gasteiger charge is -2.23. The number of carbonyl (C=O) groups is 2. The first-order valence-electron chi connectivity index (χ1n) is 9.13. The fourth-order valence-corrected chi connectivity index (χ4v) is 3.91. The summed E-state index contributed by atoms with van der Waals surface area (Å²) >= 11 is 0. The molecule has 0 spiro atoms. The number of carbonyl (C=O) groups excluding carboxylic acids is 2. The molecule has 0 fully saturated rings. The first-order chi connectivity index (χ1) is 13.0. The molecule has 6 heteroatoms. The van der Waals surface area contributed by atoms with Gasteiger partial charge in [0.15, 0.2) is 0 Å². The lowest BCUT2D eigenvalue weighted by atomic mass is 9.98. The highest BCUT2D eigenvalue weighted by molar-refractivity contribution is 5.93. The van der Waals surface area contributed by atoms with Crippen LogP contribution in [0.4, 0.5) is 10.1 Å². The SMILES string of the molecule is Cc1ccc(F)c2c1NC(C(=O)NC1C(=O)N(C)CCc3ccccc31)C2. The molecule has 2 heterocycles. The minimum absolute atomic E-state index is 0.133. The third-order valence-corrected chi connectivity index (χ3v) is 5.50. The van der Waals surface area contributed by atoms with Gasteiger partial charge in [0.25, 0.3) is 0 Å². The fourth-order valence-electron chi connectivity index (χ4n) is 3.91. The van der Waals surface area contributed by atoms with Crippen LogP contribution >= 0.6 is 0 Å². The maximum atomic E-state index is 14.1. The van der Waals surface area contributed by atoms with Crippen LogP contribution in [0, 0.1) is 12.7 Å². The molecule has 2 aliphatic heterocycles. The zero-order chi connectivity index (χ0) is 19.1. The summed E-state index contributed by atoms with van der Waals surface area (Å²) in [4.78, 5) is 27.4. The summed E-state index contributed by atoms with van der Waals surface area (Å²) in [7, 11) is 1.75. The van der Waals surface area contributed by atoms with E-state index in [4.69, 9.17) is 0 Å². The zero-order valence-corrected chi connectivity index (χ0v) is 15.4. The van der Waals surface area contributed by atoms with Gasteiger partial charge in [0.05, 0.1) is 0 Å². The molecule has 4 rings (SSSR count). The Balaban J connectivity index is 1.59. The van der Waals surface area contributed by atoms with Crippen LogP contribution in [0.5, 0.6) is 0 Å². The Morgan fingerprint density at radius 3 is 2.81 bits per heavy atom. The van der Waals surface area contributed by atoms with Crippen LogP contribution < -0.4 is 10.6 Å². The standard InChI is InChI=1S/C21H22FN3O2/c1-12-7-8-16(22)15-11-17(23-18(12)15)20(26)24-19-14-6-4-3-5-13(14)9-10-25(2)21(19)27/h3-8,17,19,23H,9-11H2,1-2H3,(H,24,26). The second-order valence-electron chi connectivity index (χ2n) is 7.27. The van der Waals surface area contributed by atoms with Crippen molar-refractivity contribution in [2.75, 3.05) is 18.9 Å². The lowest BCUT2D eigenvalue weighted by molar-refractivity contribution is -0.135. The maximum Gasteiger partial charge on any atom is 0.249 e. The largest absolute Gasteiger partial charge is 0.373 e. The molecule has 2 N–H and O–H groups in total. The Kier molecular flexibility index (Phi) is 4.34. The Hall–Kier alpha value is -2.89. The van der Waals surface area contributed by atoms with E-state index in [1.807, 2.05) is 31.2 Å². The van der Waals surface area contributed by atoms with Crippen LogP contribution in [0.1, 0.15) is 28.3 Å². The first-order valence-corrected chi connectivity index (χ1v) is 9.13. The summed E-state index contributed by atoms with van der Waals surface area (Å²) in [6.45, 7) is 2.49. The van der Waals surface area contributed by atoms with E-state index < -0.39 is 12.1 Å². The predicted octanol–water partition coefficient (Wildman–Crippen LogP) is 2.34. The van der Waals surface area contributed by atoms with Crippen LogP contribution in [-0.2, 0) is 22.4 Å². The van der Waals surface area contributed by atoms with E-state index in [1.165, 1.54) is 6.07 Å². The molecule has 0 bridgehead atoms. The number of aryl methyl sites for hydroxylation is 1. The van der Waals surface area contributed by atoms with Crippen molar-refractivity contribution in [3.05, 3.63) is 64.5 Å². The molecule has 5 nitrogen and oxygen atoms in total. The third kappa shape index (κ3) is 3.05. The number of anilines is 1. The van der Waals surface area contributed by atoms with Crippen molar-refractivity contribution in [3.63, 3.8) is 0 Å². The molecule has 0 aliphatic carbocycles. The van der Waals surface area contributed by atoms with Gasteiger partial charge in [-0.1, -0.05) is 30.3 Å². The molecule has 27 heavy (non-hydrogen) atoms. The molecule has 0 aromatic heterocycles. The van der Waals surface area contributed by atoms with Crippen molar-refractivity contribution in [2.24, 2.45) is 0 Å². The first kappa shape index (κ1) is 17.5. The second kappa shape index (κ2) is 6.68. The van der Waals surface area contributed by atoms with Crippen molar-refractivity contribution in [2.45, 2.75) is 31.8 Å². The van der Waals surface area contributed by atoms with Crippen molar-refractivity contribution in [1.82, 2.24) is 10.2 Å². The van der Waals surface area contributed by atoms with Gasteiger partial charge in [-0.25, -0.2) is 4.39 Å². The number of hydrogen-bond donors (Lipinski definition) is 2. The summed E-state index contributed by atoms with van der Waals surface area (Å²) in [5, 5.41) is 6.02. The molecule has 2 amide bonds. The van der Waals surface area contributed by atoms with Crippen molar-refractivity contribution in [3.8, 4) is 0 Å². The highest BCUT2D eigenvalue weighted by Gasteiger charge is 2.35. The highest BCUT2D eigenvalue weighted by atomic mass is 19.1. The molecule has 0 radical (unpaired) electrons. The van der Waals surface area contributed by atoms with Crippen LogP contribution in [0.3, 0.4) is 0 Å². The summed E-state index contributed by atoms with van der Waals surface area (Å²) in [6, 6.07) is 9.49. The molecule has 2 aliphatic rings. The molecular formula is C21H22FN3O2. The minimum Gasteiger partial charge on any atom is -0.373 e. The van der Waals surface area contributed by atoms with Crippen LogP contribution in [0.2, 0.25) is 0 Å². The quantitative estimate of drug-likeness (QED) is 0.857. The third-order valence-electron chi connectivity index (χ3n) is 5.50. The monoisotopic (exact) mass is 367 g/mol. The maximum absolute atomic E-state index is 14.1. The number of nitrogens with one attached hydrogen (secondary N) is 2. The normalized spacial score (nSPS) is 21.1.